The number of hydrogen-bond donors (Lipinski definition) is 0. The first-order chi connectivity index (χ1) is 17.8. The molecule has 0 amide bonds. The summed E-state index contributed by atoms with van der Waals surface area (Å²) in [5, 5.41) is 25.2. The van der Waals surface area contributed by atoms with Gasteiger partial charge >= 0.3 is 0 Å². The molecule has 0 atom stereocenters. The second-order valence-corrected chi connectivity index (χ2v) is 7.85. The fourth-order valence-corrected chi connectivity index (χ4v) is 3.53. The summed E-state index contributed by atoms with van der Waals surface area (Å²) in [7, 11) is 0. The van der Waals surface area contributed by atoms with Gasteiger partial charge in [0.05, 0.1) is 11.4 Å². The van der Waals surface area contributed by atoms with E-state index in [1.807, 2.05) is 109 Å². The number of nitrogens with zero attached hydrogens (tertiary/aromatic N) is 6. The minimum atomic E-state index is 0.448. The Morgan fingerprint density at radius 1 is 0.361 bits per heavy atom. The summed E-state index contributed by atoms with van der Waals surface area (Å²) in [6, 6.07) is 34.2. The molecule has 0 saturated heterocycles. The third kappa shape index (κ3) is 4.55. The highest BCUT2D eigenvalue weighted by atomic mass is 16.4. The van der Waals surface area contributed by atoms with Crippen LogP contribution in [0.5, 0.6) is 0 Å². The highest BCUT2D eigenvalue weighted by molar-refractivity contribution is 5.61. The summed E-state index contributed by atoms with van der Waals surface area (Å²) in [5.74, 6) is 1.86. The lowest BCUT2D eigenvalue weighted by Gasteiger charge is -1.98. The predicted octanol–water partition coefficient (Wildman–Crippen LogP) is 7.54. The van der Waals surface area contributed by atoms with E-state index in [1.54, 1.807) is 0 Å². The van der Waals surface area contributed by atoms with Crippen molar-refractivity contribution in [3.63, 3.8) is 0 Å². The molecular weight excluding hydrogens is 452 g/mol. The number of rotatable bonds is 6. The molecular formula is C28H18N6O2. The van der Waals surface area contributed by atoms with E-state index in [2.05, 4.69) is 30.6 Å². The van der Waals surface area contributed by atoms with Crippen molar-refractivity contribution < 1.29 is 8.83 Å². The standard InChI is InChI=1S/C28H18N6O2/c1-3-7-19(8-4-1)25-31-33-27(35-25)21-11-15-23(16-12-21)29-30-24-17-13-22(14-18-24)28-34-32-26(36-28)20-9-5-2-6-10-20/h1-18H. The fraction of sp³-hybridized carbons (Fsp3) is 0. The van der Waals surface area contributed by atoms with E-state index in [9.17, 15) is 0 Å². The number of benzene rings is 4. The zero-order valence-electron chi connectivity index (χ0n) is 18.9. The van der Waals surface area contributed by atoms with Gasteiger partial charge in [0.2, 0.25) is 23.6 Å². The highest BCUT2D eigenvalue weighted by Gasteiger charge is 2.11. The zero-order valence-corrected chi connectivity index (χ0v) is 18.9. The minimum absolute atomic E-state index is 0.448. The summed E-state index contributed by atoms with van der Waals surface area (Å²) in [5.41, 5.74) is 4.78. The van der Waals surface area contributed by atoms with Gasteiger partial charge < -0.3 is 8.83 Å². The van der Waals surface area contributed by atoms with E-state index in [-0.39, 0.29) is 0 Å². The van der Waals surface area contributed by atoms with Gasteiger partial charge in [-0.3, -0.25) is 0 Å². The molecule has 0 radical (unpaired) electrons. The first-order valence-electron chi connectivity index (χ1n) is 11.2. The van der Waals surface area contributed by atoms with Crippen LogP contribution in [0.3, 0.4) is 0 Å². The molecule has 6 rings (SSSR count). The Hall–Kier alpha value is -5.24. The quantitative estimate of drug-likeness (QED) is 0.233. The normalized spacial score (nSPS) is 11.2. The average Bonchev–Trinajstić information content (AvgIpc) is 3.65. The van der Waals surface area contributed by atoms with E-state index >= 15 is 0 Å². The second-order valence-electron chi connectivity index (χ2n) is 7.85. The van der Waals surface area contributed by atoms with Crippen LogP contribution in [0.1, 0.15) is 0 Å². The molecule has 8 heteroatoms. The van der Waals surface area contributed by atoms with E-state index in [0.717, 1.165) is 22.3 Å². The second kappa shape index (κ2) is 9.55. The molecule has 172 valence electrons. The Kier molecular flexibility index (Phi) is 5.65. The van der Waals surface area contributed by atoms with E-state index in [0.29, 0.717) is 34.9 Å². The fourth-order valence-electron chi connectivity index (χ4n) is 3.53. The molecule has 0 bridgehead atoms. The van der Waals surface area contributed by atoms with Crippen LogP contribution in [0.4, 0.5) is 11.4 Å². The molecule has 0 aliphatic heterocycles. The maximum atomic E-state index is 5.81. The van der Waals surface area contributed by atoms with Gasteiger partial charge in [-0.25, -0.2) is 0 Å². The maximum absolute atomic E-state index is 5.81. The lowest BCUT2D eigenvalue weighted by molar-refractivity contribution is 0.584. The van der Waals surface area contributed by atoms with Crippen LogP contribution >= 0.6 is 0 Å². The van der Waals surface area contributed by atoms with Crippen LogP contribution in [-0.2, 0) is 0 Å². The van der Waals surface area contributed by atoms with Crippen molar-refractivity contribution in [3.8, 4) is 45.8 Å². The third-order valence-electron chi connectivity index (χ3n) is 5.40. The summed E-state index contributed by atoms with van der Waals surface area (Å²) in [6.45, 7) is 0. The number of azo groups is 1. The van der Waals surface area contributed by atoms with Gasteiger partial charge in [0, 0.05) is 22.3 Å². The van der Waals surface area contributed by atoms with E-state index in [4.69, 9.17) is 8.83 Å². The molecule has 6 aromatic rings. The highest BCUT2D eigenvalue weighted by Crippen LogP contribution is 2.28. The molecule has 0 spiro atoms. The molecule has 0 aliphatic carbocycles. The molecule has 4 aromatic carbocycles. The van der Waals surface area contributed by atoms with Crippen molar-refractivity contribution >= 4 is 11.4 Å². The van der Waals surface area contributed by atoms with Crippen LogP contribution in [0.2, 0.25) is 0 Å². The summed E-state index contributed by atoms with van der Waals surface area (Å²) in [4.78, 5) is 0. The van der Waals surface area contributed by atoms with Gasteiger partial charge in [0.15, 0.2) is 0 Å². The minimum Gasteiger partial charge on any atom is -0.416 e. The number of aromatic nitrogens is 4. The van der Waals surface area contributed by atoms with Crippen molar-refractivity contribution in [2.45, 2.75) is 0 Å². The van der Waals surface area contributed by atoms with Crippen molar-refractivity contribution in [1.29, 1.82) is 0 Å². The monoisotopic (exact) mass is 470 g/mol. The maximum Gasteiger partial charge on any atom is 0.248 e. The van der Waals surface area contributed by atoms with Gasteiger partial charge in [-0.15, -0.1) is 20.4 Å². The van der Waals surface area contributed by atoms with Crippen molar-refractivity contribution in [2.24, 2.45) is 10.2 Å². The molecule has 36 heavy (non-hydrogen) atoms. The Morgan fingerprint density at radius 3 is 1.00 bits per heavy atom. The Balaban J connectivity index is 1.13. The van der Waals surface area contributed by atoms with Crippen LogP contribution in [0, 0.1) is 0 Å². The molecule has 2 aromatic heterocycles. The average molecular weight is 470 g/mol. The zero-order chi connectivity index (χ0) is 24.2. The van der Waals surface area contributed by atoms with Gasteiger partial charge in [-0.1, -0.05) is 36.4 Å². The van der Waals surface area contributed by atoms with Crippen LogP contribution in [0.15, 0.2) is 128 Å². The summed E-state index contributed by atoms with van der Waals surface area (Å²) >= 11 is 0. The molecule has 0 unspecified atom stereocenters. The predicted molar refractivity (Wildman–Crippen MR) is 135 cm³/mol. The first-order valence-corrected chi connectivity index (χ1v) is 11.2. The van der Waals surface area contributed by atoms with E-state index < -0.39 is 0 Å². The molecule has 0 aliphatic rings. The van der Waals surface area contributed by atoms with Crippen LogP contribution in [-0.4, -0.2) is 20.4 Å². The van der Waals surface area contributed by atoms with E-state index in [1.165, 1.54) is 0 Å². The Bertz CT molecular complexity index is 1480. The first kappa shape index (κ1) is 21.3. The van der Waals surface area contributed by atoms with Crippen molar-refractivity contribution in [1.82, 2.24) is 20.4 Å². The van der Waals surface area contributed by atoms with Gasteiger partial charge in [0.1, 0.15) is 0 Å². The Labute approximate surface area is 206 Å². The van der Waals surface area contributed by atoms with Crippen molar-refractivity contribution in [3.05, 3.63) is 109 Å². The third-order valence-corrected chi connectivity index (χ3v) is 5.40. The summed E-state index contributed by atoms with van der Waals surface area (Å²) < 4.78 is 11.6. The van der Waals surface area contributed by atoms with Crippen LogP contribution in [0.25, 0.3) is 45.8 Å². The van der Waals surface area contributed by atoms with Gasteiger partial charge in [-0.2, -0.15) is 10.2 Å². The van der Waals surface area contributed by atoms with Gasteiger partial charge in [-0.05, 0) is 72.8 Å². The molecule has 0 N–H and O–H groups in total. The number of hydrogen-bond acceptors (Lipinski definition) is 8. The lowest BCUT2D eigenvalue weighted by atomic mass is 10.2. The smallest absolute Gasteiger partial charge is 0.248 e. The van der Waals surface area contributed by atoms with Crippen molar-refractivity contribution in [2.75, 3.05) is 0 Å². The summed E-state index contributed by atoms with van der Waals surface area (Å²) in [6.07, 6.45) is 0. The molecule has 8 nitrogen and oxygen atoms in total. The SMILES string of the molecule is c1ccc(-c2nnc(-c3ccc(N=Nc4ccc(-c5nnc(-c6ccccc6)o5)cc4)cc3)o2)cc1. The Morgan fingerprint density at radius 2 is 0.667 bits per heavy atom. The lowest BCUT2D eigenvalue weighted by Crippen LogP contribution is -1.77. The van der Waals surface area contributed by atoms with Gasteiger partial charge in [0.25, 0.3) is 0 Å². The molecule has 0 saturated carbocycles. The molecule has 2 heterocycles. The molecule has 0 fully saturated rings. The van der Waals surface area contributed by atoms with Crippen LogP contribution < -0.4 is 0 Å². The largest absolute Gasteiger partial charge is 0.416 e. The topological polar surface area (TPSA) is 103 Å².